The third-order valence-electron chi connectivity index (χ3n) is 0.539. The molecule has 0 bridgehead atoms. The van der Waals surface area contributed by atoms with Gasteiger partial charge >= 0.3 is 25.8 Å². The molecule has 0 atom stereocenters. The Bertz CT molecular complexity index is 41.2. The van der Waals surface area contributed by atoms with E-state index in [1.54, 1.807) is 0 Å². The Morgan fingerprint density at radius 3 is 1.75 bits per heavy atom. The average molecular weight is 50.9 g/mol. The quantitative estimate of drug-likeness (QED) is 0.343. The van der Waals surface area contributed by atoms with Gasteiger partial charge in [0, 0.05) is 0 Å². The Morgan fingerprint density at radius 2 is 1.75 bits per heavy atom. The topological polar surface area (TPSA) is 0 Å². The van der Waals surface area contributed by atoms with Gasteiger partial charge in [0.1, 0.15) is 0 Å². The van der Waals surface area contributed by atoms with Gasteiger partial charge in [-0.05, 0) is 0 Å². The second kappa shape index (κ2) is 0.451. The van der Waals surface area contributed by atoms with Crippen LogP contribution in [0.15, 0.2) is 0 Å². The summed E-state index contributed by atoms with van der Waals surface area (Å²) in [6.07, 6.45) is 2.36. The summed E-state index contributed by atoms with van der Waals surface area (Å²) in [5.41, 5.74) is 1.17. The van der Waals surface area contributed by atoms with Gasteiger partial charge in [-0.25, -0.2) is 0 Å². The first-order valence-electron chi connectivity index (χ1n) is 1.50. The molecule has 4 heavy (non-hydrogen) atoms. The monoisotopic (exact) mass is 51.0 g/mol. The Balaban J connectivity index is 2.60. The summed E-state index contributed by atoms with van der Waals surface area (Å²) in [7, 11) is 5.14. The van der Waals surface area contributed by atoms with Gasteiger partial charge in [-0.1, -0.05) is 0 Å². The van der Waals surface area contributed by atoms with Gasteiger partial charge in [0.05, 0.1) is 0 Å². The van der Waals surface area contributed by atoms with Crippen molar-refractivity contribution in [2.75, 3.05) is 0 Å². The molecule has 0 N–H and O–H groups in total. The molecule has 0 spiro atoms. The fraction of sp³-hybridized carbons (Fsp3) is 0.667. The van der Waals surface area contributed by atoms with Crippen molar-refractivity contribution >= 4 is 13.0 Å². The third-order valence-corrected chi connectivity index (χ3v) is 0.539. The van der Waals surface area contributed by atoms with Crippen LogP contribution in [0.4, 0.5) is 0 Å². The van der Waals surface area contributed by atoms with Gasteiger partial charge in [-0.2, -0.15) is 0 Å². The summed E-state index contributed by atoms with van der Waals surface area (Å²) in [5.74, 6) is 0. The van der Waals surface area contributed by atoms with Crippen LogP contribution in [-0.4, -0.2) is 13.0 Å². The number of rotatable bonds is 0. The summed E-state index contributed by atoms with van der Waals surface area (Å²) in [5, 5.41) is 0. The third kappa shape index (κ3) is 0.196. The molecular weight excluding hydrogens is 46.8 g/mol. The van der Waals surface area contributed by atoms with Crippen molar-refractivity contribution in [3.63, 3.8) is 0 Å². The summed E-state index contributed by atoms with van der Waals surface area (Å²) >= 11 is 0. The van der Waals surface area contributed by atoms with Crippen LogP contribution in [0.25, 0.3) is 0 Å². The van der Waals surface area contributed by atoms with Gasteiger partial charge in [0.15, 0.2) is 0 Å². The normalized spacial score (nSPS) is 21.2. The van der Waals surface area contributed by atoms with Gasteiger partial charge in [-0.3, -0.25) is 0 Å². The van der Waals surface area contributed by atoms with Crippen LogP contribution < -0.4 is 0 Å². The molecule has 0 nitrogen and oxygen atoms in total. The van der Waals surface area contributed by atoms with Crippen LogP contribution in [0.2, 0.25) is 0 Å². The molecule has 1 saturated carbocycles. The molecule has 1 aliphatic rings. The van der Waals surface area contributed by atoms with E-state index in [1.807, 2.05) is 0 Å². The molecule has 19 valence electrons. The van der Waals surface area contributed by atoms with E-state index in [2.05, 4.69) is 0 Å². The van der Waals surface area contributed by atoms with Crippen LogP contribution in [0.5, 0.6) is 0 Å². The SMILES string of the molecule is [B]=C1CC1. The first-order valence-corrected chi connectivity index (χ1v) is 1.50. The minimum absolute atomic E-state index is 1.17. The zero-order chi connectivity index (χ0) is 2.99. The van der Waals surface area contributed by atoms with Crippen molar-refractivity contribution in [2.24, 2.45) is 0 Å². The van der Waals surface area contributed by atoms with Gasteiger partial charge in [0.2, 0.25) is 0 Å². The van der Waals surface area contributed by atoms with Crippen molar-refractivity contribution in [3.05, 3.63) is 0 Å². The van der Waals surface area contributed by atoms with E-state index < -0.39 is 0 Å². The Morgan fingerprint density at radius 1 is 1.50 bits per heavy atom. The first-order chi connectivity index (χ1) is 1.89. The molecule has 0 heterocycles. The predicted octanol–water partition coefficient (Wildman–Crippen LogP) is 0.121. The summed E-state index contributed by atoms with van der Waals surface area (Å²) in [6.45, 7) is 0. The van der Waals surface area contributed by atoms with Gasteiger partial charge in [-0.15, -0.1) is 0 Å². The van der Waals surface area contributed by atoms with E-state index in [1.165, 1.54) is 18.3 Å². The van der Waals surface area contributed by atoms with Crippen molar-refractivity contribution in [3.8, 4) is 0 Å². The molecule has 0 aliphatic heterocycles. The molecule has 0 aromatic heterocycles. The van der Waals surface area contributed by atoms with Gasteiger partial charge < -0.3 is 0 Å². The number of hydrogen-bond donors (Lipinski definition) is 0. The molecule has 1 aliphatic carbocycles. The van der Waals surface area contributed by atoms with Crippen molar-refractivity contribution < 1.29 is 0 Å². The van der Waals surface area contributed by atoms with Gasteiger partial charge in [0.25, 0.3) is 0 Å². The second-order valence-corrected chi connectivity index (χ2v) is 1.16. The Labute approximate surface area is 26.9 Å². The van der Waals surface area contributed by atoms with E-state index in [0.717, 1.165) is 0 Å². The molecule has 1 fully saturated rings. The fourth-order valence-electron chi connectivity index (χ4n) is 0.0722. The molecule has 0 saturated heterocycles. The van der Waals surface area contributed by atoms with Crippen LogP contribution in [-0.2, 0) is 0 Å². The maximum absolute atomic E-state index is 5.14. The molecule has 1 rings (SSSR count). The molecule has 1 heteroatoms. The predicted molar refractivity (Wildman–Crippen MR) is 20.0 cm³/mol. The molecule has 0 aromatic rings. The van der Waals surface area contributed by atoms with Crippen LogP contribution in [0.1, 0.15) is 12.8 Å². The molecule has 0 unspecified atom stereocenters. The molecule has 1 radical (unpaired) electrons. The van der Waals surface area contributed by atoms with Crippen molar-refractivity contribution in [1.29, 1.82) is 0 Å². The standard InChI is InChI=1S/C3H4B/c4-3-1-2-3/h1-2H2. The van der Waals surface area contributed by atoms with E-state index in [9.17, 15) is 0 Å². The van der Waals surface area contributed by atoms with E-state index >= 15 is 0 Å². The minimum atomic E-state index is 1.17. The molecule has 0 amide bonds. The zero-order valence-electron chi connectivity index (χ0n) is 2.49. The first kappa shape index (κ1) is 2.19. The summed E-state index contributed by atoms with van der Waals surface area (Å²) in [6, 6.07) is 0. The van der Waals surface area contributed by atoms with E-state index in [0.29, 0.717) is 0 Å². The second-order valence-electron chi connectivity index (χ2n) is 1.16. The Kier molecular flexibility index (Phi) is 0.247. The van der Waals surface area contributed by atoms with Crippen LogP contribution in [0.3, 0.4) is 0 Å². The van der Waals surface area contributed by atoms with E-state index in [4.69, 9.17) is 7.49 Å². The fourth-order valence-corrected chi connectivity index (χ4v) is 0.0722. The average Bonchev–Trinajstić information content (AvgIpc) is 1.75. The summed E-state index contributed by atoms with van der Waals surface area (Å²) in [4.78, 5) is 0. The van der Waals surface area contributed by atoms with Crippen molar-refractivity contribution in [2.45, 2.75) is 12.8 Å². The maximum atomic E-state index is 5.14. The van der Waals surface area contributed by atoms with Crippen molar-refractivity contribution in [1.82, 2.24) is 0 Å². The molecular formula is C3H4B. The van der Waals surface area contributed by atoms with Crippen LogP contribution in [0, 0.1) is 0 Å². The van der Waals surface area contributed by atoms with Crippen LogP contribution >= 0.6 is 0 Å². The number of hydrogen-bond acceptors (Lipinski definition) is 0. The molecule has 0 aromatic carbocycles. The zero-order valence-corrected chi connectivity index (χ0v) is 2.49. The summed E-state index contributed by atoms with van der Waals surface area (Å²) < 4.78 is 0. The Hall–Kier alpha value is -0.0651. The van der Waals surface area contributed by atoms with E-state index in [-0.39, 0.29) is 0 Å².